The van der Waals surface area contributed by atoms with Crippen LogP contribution in [0, 0.1) is 5.82 Å². The minimum Gasteiger partial charge on any atom is -0.493 e. The van der Waals surface area contributed by atoms with Gasteiger partial charge < -0.3 is 14.2 Å². The van der Waals surface area contributed by atoms with Crippen molar-refractivity contribution in [3.8, 4) is 11.5 Å². The summed E-state index contributed by atoms with van der Waals surface area (Å²) in [7, 11) is 1.48. The maximum atomic E-state index is 14.3. The van der Waals surface area contributed by atoms with E-state index in [9.17, 15) is 14.0 Å². The number of thioether (sulfide) groups is 1. The summed E-state index contributed by atoms with van der Waals surface area (Å²) in [6.07, 6.45) is 3.68. The molecule has 0 saturated heterocycles. The summed E-state index contributed by atoms with van der Waals surface area (Å²) in [5.74, 6) is -0.364. The second kappa shape index (κ2) is 14.6. The highest BCUT2D eigenvalue weighted by molar-refractivity contribution is 7.98. The van der Waals surface area contributed by atoms with E-state index in [0.29, 0.717) is 31.9 Å². The van der Waals surface area contributed by atoms with E-state index in [1.807, 2.05) is 60.9 Å². The quantitative estimate of drug-likeness (QED) is 0.115. The minimum atomic E-state index is -0.791. The lowest BCUT2D eigenvalue weighted by molar-refractivity contribution is -0.138. The van der Waals surface area contributed by atoms with Crippen LogP contribution in [0.1, 0.15) is 35.2 Å². The van der Waals surface area contributed by atoms with Crippen molar-refractivity contribution < 1.29 is 23.4 Å². The molecule has 6 rings (SSSR count). The number of esters is 1. The van der Waals surface area contributed by atoms with Crippen LogP contribution in [0.5, 0.6) is 11.5 Å². The van der Waals surface area contributed by atoms with Crippen molar-refractivity contribution in [2.45, 2.75) is 24.5 Å². The average molecular weight is 701 g/mol. The number of aromatic nitrogens is 1. The third-order valence-electron chi connectivity index (χ3n) is 7.68. The topological polar surface area (TPSA) is 79.1 Å². The Bertz CT molecular complexity index is 2200. The molecule has 0 radical (unpaired) electrons. The summed E-state index contributed by atoms with van der Waals surface area (Å²) in [6, 6.07) is 26.0. The highest BCUT2D eigenvalue weighted by Gasteiger charge is 2.35. The second-order valence-electron chi connectivity index (χ2n) is 10.6. The molecule has 1 atom stereocenters. The number of carbonyl (C=O) groups excluding carboxylic acids is 1. The Hall–Kier alpha value is -4.64. The van der Waals surface area contributed by atoms with Gasteiger partial charge in [0.1, 0.15) is 12.4 Å². The van der Waals surface area contributed by atoms with Gasteiger partial charge in [0.05, 0.1) is 40.6 Å². The first kappa shape index (κ1) is 33.3. The fraction of sp³-hybridized carbons (Fsp3) is 0.162. The van der Waals surface area contributed by atoms with Gasteiger partial charge in [-0.15, -0.1) is 11.8 Å². The summed E-state index contributed by atoms with van der Waals surface area (Å²) >= 11 is 9.45. The number of ether oxygens (including phenoxy) is 3. The fourth-order valence-electron chi connectivity index (χ4n) is 5.42. The van der Waals surface area contributed by atoms with Crippen molar-refractivity contribution in [2.75, 3.05) is 20.0 Å². The van der Waals surface area contributed by atoms with Gasteiger partial charge in [-0.2, -0.15) is 0 Å². The van der Waals surface area contributed by atoms with Crippen molar-refractivity contribution in [1.82, 2.24) is 4.57 Å². The Kier molecular flexibility index (Phi) is 10.1. The van der Waals surface area contributed by atoms with E-state index in [0.717, 1.165) is 16.0 Å². The van der Waals surface area contributed by atoms with Crippen LogP contribution < -0.4 is 24.4 Å². The first-order valence-electron chi connectivity index (χ1n) is 15.0. The number of methoxy groups -OCH3 is 1. The molecule has 0 fully saturated rings. The van der Waals surface area contributed by atoms with E-state index < -0.39 is 12.0 Å². The monoisotopic (exact) mass is 700 g/mol. The number of carbonyl (C=O) groups is 1. The molecule has 2 heterocycles. The molecular weight excluding hydrogens is 671 g/mol. The van der Waals surface area contributed by atoms with Gasteiger partial charge in [0.2, 0.25) is 0 Å². The molecule has 4 aromatic carbocycles. The Morgan fingerprint density at radius 3 is 2.48 bits per heavy atom. The van der Waals surface area contributed by atoms with E-state index in [2.05, 4.69) is 0 Å². The zero-order valence-electron chi connectivity index (χ0n) is 26.2. The molecule has 1 aliphatic heterocycles. The highest BCUT2D eigenvalue weighted by atomic mass is 35.5. The van der Waals surface area contributed by atoms with Crippen molar-refractivity contribution in [1.29, 1.82) is 0 Å². The predicted octanol–water partition coefficient (Wildman–Crippen LogP) is 7.04. The fourth-order valence-corrected chi connectivity index (χ4v) is 7.10. The number of fused-ring (bicyclic) bond motifs is 1. The van der Waals surface area contributed by atoms with Crippen molar-refractivity contribution in [3.05, 3.63) is 149 Å². The van der Waals surface area contributed by atoms with E-state index in [4.69, 9.17) is 30.8 Å². The zero-order chi connectivity index (χ0) is 33.8. The second-order valence-corrected chi connectivity index (χ2v) is 12.9. The Balaban J connectivity index is 1.50. The third-order valence-corrected chi connectivity index (χ3v) is 9.69. The van der Waals surface area contributed by atoms with Gasteiger partial charge in [0.25, 0.3) is 5.56 Å². The lowest BCUT2D eigenvalue weighted by Crippen LogP contribution is -2.40. The molecule has 1 aliphatic rings. The van der Waals surface area contributed by atoms with Gasteiger partial charge in [-0.25, -0.2) is 14.2 Å². The van der Waals surface area contributed by atoms with Gasteiger partial charge >= 0.3 is 5.97 Å². The van der Waals surface area contributed by atoms with Gasteiger partial charge in [0, 0.05) is 16.0 Å². The average Bonchev–Trinajstić information content (AvgIpc) is 3.41. The maximum Gasteiger partial charge on any atom is 0.338 e. The van der Waals surface area contributed by atoms with Crippen LogP contribution in [0.3, 0.4) is 0 Å². The predicted molar refractivity (Wildman–Crippen MR) is 188 cm³/mol. The lowest BCUT2D eigenvalue weighted by Gasteiger charge is -2.26. The molecule has 244 valence electrons. The first-order valence-corrected chi connectivity index (χ1v) is 17.4. The minimum absolute atomic E-state index is 0.0504. The SMILES string of the molecule is CCOC(=O)C1=C(c2ccccc2)N=c2s/c(=C\c3cc(Cl)c(OCc4ccccc4F)c(OC)c3)c(=O)n2[C@H]1c1ccc(SC)cc1. The molecule has 0 aliphatic carbocycles. The molecule has 0 unspecified atom stereocenters. The van der Waals surface area contributed by atoms with Crippen LogP contribution in [0.25, 0.3) is 11.8 Å². The lowest BCUT2D eigenvalue weighted by atomic mass is 9.93. The molecule has 0 amide bonds. The highest BCUT2D eigenvalue weighted by Crippen LogP contribution is 2.38. The molecule has 1 aromatic heterocycles. The Labute approximate surface area is 289 Å². The van der Waals surface area contributed by atoms with Gasteiger partial charge in [0.15, 0.2) is 16.3 Å². The molecule has 0 N–H and O–H groups in total. The summed E-state index contributed by atoms with van der Waals surface area (Å²) in [5.41, 5.74) is 2.81. The first-order chi connectivity index (χ1) is 23.3. The number of halogens is 2. The smallest absolute Gasteiger partial charge is 0.338 e. The van der Waals surface area contributed by atoms with Crippen molar-refractivity contribution >= 4 is 52.4 Å². The third kappa shape index (κ3) is 6.69. The normalized spacial score (nSPS) is 14.4. The van der Waals surface area contributed by atoms with Gasteiger partial charge in [-0.05, 0) is 60.7 Å². The molecule has 48 heavy (non-hydrogen) atoms. The van der Waals surface area contributed by atoms with Crippen LogP contribution >= 0.6 is 34.7 Å². The van der Waals surface area contributed by atoms with E-state index >= 15 is 0 Å². The van der Waals surface area contributed by atoms with Crippen LogP contribution in [0.4, 0.5) is 4.39 Å². The molecular formula is C37H30ClFN2O5S2. The summed E-state index contributed by atoms with van der Waals surface area (Å²) < 4.78 is 33.1. The van der Waals surface area contributed by atoms with E-state index in [1.54, 1.807) is 59.7 Å². The Morgan fingerprint density at radius 2 is 1.79 bits per heavy atom. The molecule has 7 nitrogen and oxygen atoms in total. The summed E-state index contributed by atoms with van der Waals surface area (Å²) in [5, 5.41) is 0.229. The molecule has 11 heteroatoms. The molecule has 0 spiro atoms. The number of nitrogens with zero attached hydrogens (tertiary/aromatic N) is 2. The van der Waals surface area contributed by atoms with E-state index in [-0.39, 0.29) is 40.9 Å². The molecule has 5 aromatic rings. The number of hydrogen-bond acceptors (Lipinski definition) is 8. The number of thiazole rings is 1. The van der Waals surface area contributed by atoms with Gasteiger partial charge in [-0.1, -0.05) is 83.6 Å². The van der Waals surface area contributed by atoms with E-state index in [1.165, 1.54) is 24.5 Å². The molecule has 0 bridgehead atoms. The van der Waals surface area contributed by atoms with Crippen LogP contribution in [-0.2, 0) is 16.1 Å². The largest absolute Gasteiger partial charge is 0.493 e. The van der Waals surface area contributed by atoms with Crippen LogP contribution in [0.15, 0.2) is 111 Å². The van der Waals surface area contributed by atoms with Crippen molar-refractivity contribution in [3.63, 3.8) is 0 Å². The molecule has 0 saturated carbocycles. The standard InChI is InChI=1S/C37H30ClFN2O5S2/c1-4-45-36(43)31-32(23-10-6-5-7-11-23)40-37-41(33(31)24-14-16-26(47-3)17-15-24)35(42)30(48-37)20-22-18-27(38)34(29(19-22)44-2)46-21-25-12-8-9-13-28(25)39/h5-20,33H,4,21H2,1-3H3/b30-20-/t33-/m0/s1. The number of hydrogen-bond donors (Lipinski definition) is 0. The van der Waals surface area contributed by atoms with Crippen LogP contribution in [0.2, 0.25) is 5.02 Å². The number of rotatable bonds is 10. The zero-order valence-corrected chi connectivity index (χ0v) is 28.6. The maximum absolute atomic E-state index is 14.3. The number of benzene rings is 4. The summed E-state index contributed by atoms with van der Waals surface area (Å²) in [6.45, 7) is 1.86. The summed E-state index contributed by atoms with van der Waals surface area (Å²) in [4.78, 5) is 34.3. The van der Waals surface area contributed by atoms with Crippen LogP contribution in [-0.4, -0.2) is 30.5 Å². The Morgan fingerprint density at radius 1 is 1.06 bits per heavy atom. The van der Waals surface area contributed by atoms with Crippen molar-refractivity contribution in [2.24, 2.45) is 4.99 Å². The van der Waals surface area contributed by atoms with Gasteiger partial charge in [-0.3, -0.25) is 9.36 Å².